The van der Waals surface area contributed by atoms with Crippen molar-refractivity contribution in [2.45, 2.75) is 110 Å². The third kappa shape index (κ3) is 6.56. The topological polar surface area (TPSA) is 120 Å². The lowest BCUT2D eigenvalue weighted by Gasteiger charge is -2.35. The molecule has 1 N–H and O–H groups in total. The van der Waals surface area contributed by atoms with Crippen LogP contribution in [0.4, 0.5) is 13.6 Å². The average Bonchev–Trinajstić information content (AvgIpc) is 3.45. The summed E-state index contributed by atoms with van der Waals surface area (Å²) in [6, 6.07) is 3.04. The number of alkyl halides is 2. The third-order valence-corrected chi connectivity index (χ3v) is 9.56. The molecule has 2 aliphatic heterocycles. The summed E-state index contributed by atoms with van der Waals surface area (Å²) < 4.78 is 49.0. The molecule has 3 heterocycles. The molecule has 1 aromatic carbocycles. The van der Waals surface area contributed by atoms with Gasteiger partial charge in [0.05, 0.1) is 30.7 Å². The second-order valence-electron chi connectivity index (χ2n) is 13.9. The molecule has 2 amide bonds. The first-order valence-electron chi connectivity index (χ1n) is 15.8. The highest BCUT2D eigenvalue weighted by molar-refractivity contribution is 5.92. The van der Waals surface area contributed by atoms with Crippen molar-refractivity contribution in [2.24, 2.45) is 17.3 Å². The van der Waals surface area contributed by atoms with E-state index in [0.29, 0.717) is 42.5 Å². The van der Waals surface area contributed by atoms with E-state index in [9.17, 15) is 14.4 Å². The maximum Gasteiger partial charge on any atom is 0.408 e. The summed E-state index contributed by atoms with van der Waals surface area (Å²) >= 11 is 0. The number of nitrogens with zero attached hydrogens (tertiary/aromatic N) is 3. The molecule has 1 aliphatic carbocycles. The molecule has 3 aliphatic rings. The van der Waals surface area contributed by atoms with Crippen molar-refractivity contribution in [3.8, 4) is 11.6 Å². The molecule has 2 bridgehead atoms. The molecule has 1 aromatic heterocycles. The minimum Gasteiger partial charge on any atom is -0.497 e. The molecule has 1 saturated carbocycles. The Hall–Kier alpha value is -3.57. The molecule has 2 fully saturated rings. The number of fused-ring (bicyclic) bond motifs is 5. The molecule has 5 rings (SSSR count). The van der Waals surface area contributed by atoms with Crippen LogP contribution < -0.4 is 14.8 Å². The fraction of sp³-hybridized carbons (Fsp3) is 0.667. The van der Waals surface area contributed by atoms with Gasteiger partial charge in [0.1, 0.15) is 35.4 Å². The number of hydrogen-bond donors (Lipinski definition) is 1. The van der Waals surface area contributed by atoms with Crippen LogP contribution in [0, 0.1) is 17.3 Å². The summed E-state index contributed by atoms with van der Waals surface area (Å²) in [5.74, 6) is -0.887. The summed E-state index contributed by atoms with van der Waals surface area (Å²) in [5, 5.41) is 2.78. The summed E-state index contributed by atoms with van der Waals surface area (Å²) in [6.45, 7) is 10.5. The molecule has 10 nitrogen and oxygen atoms in total. The number of amides is 2. The van der Waals surface area contributed by atoms with E-state index in [2.05, 4.69) is 15.3 Å². The van der Waals surface area contributed by atoms with E-state index in [1.54, 1.807) is 25.1 Å². The Bertz CT molecular complexity index is 1470. The molecule has 2 aromatic rings. The SMILES string of the molecule is CCC1[C@@H]2CN(C(=O)[C@H](C(C)(C)C)NC(=O)O[C@]3(C)C[C@H]3CCCC(F)C(F)c3nc4ccc(OC)cc4nc3O2)[C@@H]1C(C)=O. The van der Waals surface area contributed by atoms with Crippen LogP contribution in [-0.2, 0) is 14.3 Å². The second kappa shape index (κ2) is 12.3. The number of Topliss-reactive ketones (excluding diaryl/α,β-unsaturated/α-hetero) is 1. The van der Waals surface area contributed by atoms with Crippen molar-refractivity contribution in [1.29, 1.82) is 0 Å². The zero-order chi connectivity index (χ0) is 32.8. The summed E-state index contributed by atoms with van der Waals surface area (Å²) in [7, 11) is 1.51. The highest BCUT2D eigenvalue weighted by Crippen LogP contribution is 2.50. The predicted octanol–water partition coefficient (Wildman–Crippen LogP) is 5.66. The Balaban J connectivity index is 1.59. The predicted molar refractivity (Wildman–Crippen MR) is 162 cm³/mol. The zero-order valence-electron chi connectivity index (χ0n) is 27.1. The molecule has 0 radical (unpaired) electrons. The van der Waals surface area contributed by atoms with Gasteiger partial charge in [0.25, 0.3) is 0 Å². The Morgan fingerprint density at radius 2 is 1.91 bits per heavy atom. The van der Waals surface area contributed by atoms with Gasteiger partial charge in [-0.05, 0) is 57.1 Å². The van der Waals surface area contributed by atoms with Crippen LogP contribution in [0.25, 0.3) is 11.0 Å². The lowest BCUT2D eigenvalue weighted by Crippen LogP contribution is -2.57. The van der Waals surface area contributed by atoms with Gasteiger partial charge in [-0.2, -0.15) is 0 Å². The van der Waals surface area contributed by atoms with Crippen molar-refractivity contribution in [1.82, 2.24) is 20.2 Å². The van der Waals surface area contributed by atoms with E-state index in [-0.39, 0.29) is 36.2 Å². The highest BCUT2D eigenvalue weighted by Gasteiger charge is 2.55. The normalized spacial score (nSPS) is 32.7. The van der Waals surface area contributed by atoms with Gasteiger partial charge < -0.3 is 24.4 Å². The summed E-state index contributed by atoms with van der Waals surface area (Å²) in [4.78, 5) is 50.9. The number of halogens is 2. The number of methoxy groups -OCH3 is 1. The Labute approximate surface area is 262 Å². The molecule has 3 unspecified atom stereocenters. The second-order valence-corrected chi connectivity index (χ2v) is 13.9. The van der Waals surface area contributed by atoms with Crippen LogP contribution in [0.5, 0.6) is 11.6 Å². The lowest BCUT2D eigenvalue weighted by atomic mass is 9.85. The van der Waals surface area contributed by atoms with E-state index in [4.69, 9.17) is 14.2 Å². The van der Waals surface area contributed by atoms with E-state index < -0.39 is 59.5 Å². The minimum atomic E-state index is -2.13. The van der Waals surface area contributed by atoms with Crippen LogP contribution in [0.3, 0.4) is 0 Å². The number of carbonyl (C=O) groups is 3. The summed E-state index contributed by atoms with van der Waals surface area (Å²) in [6.07, 6.45) is -3.64. The van der Waals surface area contributed by atoms with E-state index in [1.165, 1.54) is 18.9 Å². The molecule has 8 atom stereocenters. The molecule has 45 heavy (non-hydrogen) atoms. The van der Waals surface area contributed by atoms with E-state index in [0.717, 1.165) is 0 Å². The standard InChI is InChI=1S/C33H44F2N4O6/c1-8-20-24-16-39(27(20)17(2)40)30(41)28(32(3,4)5)38-31(42)45-33(6)15-18(33)10-9-11-21(34)25(35)26-29(44-24)37-23-14-19(43-7)12-13-22(23)36-26/h12-14,18,20-21,24-25,27-28H,8-11,15-16H2,1-7H3,(H,38,42)/t18-,20?,21?,24+,25?,27-,28-,33-/m1/s1. The molecular weight excluding hydrogens is 586 g/mol. The first-order valence-corrected chi connectivity index (χ1v) is 15.8. The van der Waals surface area contributed by atoms with Gasteiger partial charge in [-0.3, -0.25) is 9.59 Å². The third-order valence-electron chi connectivity index (χ3n) is 9.56. The van der Waals surface area contributed by atoms with Gasteiger partial charge in [-0.15, -0.1) is 0 Å². The van der Waals surface area contributed by atoms with Crippen LogP contribution in [-0.4, -0.2) is 76.3 Å². The number of carbonyl (C=O) groups excluding carboxylic acids is 3. The number of ether oxygens (including phenoxy) is 3. The summed E-state index contributed by atoms with van der Waals surface area (Å²) in [5.41, 5.74) is -1.04. The van der Waals surface area contributed by atoms with Crippen molar-refractivity contribution in [3.05, 3.63) is 23.9 Å². The molecular formula is C33H44F2N4O6. The number of alkyl carbamates (subject to hydrolysis) is 1. The van der Waals surface area contributed by atoms with Crippen molar-refractivity contribution in [2.75, 3.05) is 13.7 Å². The van der Waals surface area contributed by atoms with E-state index >= 15 is 8.78 Å². The first kappa shape index (κ1) is 32.8. The molecule has 12 heteroatoms. The lowest BCUT2D eigenvalue weighted by molar-refractivity contribution is -0.141. The monoisotopic (exact) mass is 630 g/mol. The first-order chi connectivity index (χ1) is 21.2. The van der Waals surface area contributed by atoms with Gasteiger partial charge in [-0.25, -0.2) is 23.5 Å². The number of nitrogens with one attached hydrogen (secondary N) is 1. The highest BCUT2D eigenvalue weighted by atomic mass is 19.2. The Morgan fingerprint density at radius 1 is 1.18 bits per heavy atom. The van der Waals surface area contributed by atoms with Gasteiger partial charge >= 0.3 is 6.09 Å². The Morgan fingerprint density at radius 3 is 2.56 bits per heavy atom. The number of aromatic nitrogens is 2. The van der Waals surface area contributed by atoms with Crippen LogP contribution in [0.2, 0.25) is 0 Å². The number of ketones is 1. The number of hydrogen-bond acceptors (Lipinski definition) is 8. The van der Waals surface area contributed by atoms with Crippen molar-refractivity contribution in [3.63, 3.8) is 0 Å². The molecule has 246 valence electrons. The maximum absolute atomic E-state index is 16.0. The average molecular weight is 631 g/mol. The minimum absolute atomic E-state index is 0.0164. The number of rotatable bonds is 3. The zero-order valence-corrected chi connectivity index (χ0v) is 27.1. The smallest absolute Gasteiger partial charge is 0.408 e. The van der Waals surface area contributed by atoms with Crippen LogP contribution in [0.1, 0.15) is 85.5 Å². The van der Waals surface area contributed by atoms with Crippen molar-refractivity contribution < 1.29 is 37.4 Å². The molecule has 0 spiro atoms. The molecule has 1 saturated heterocycles. The van der Waals surface area contributed by atoms with Gasteiger partial charge in [0, 0.05) is 17.9 Å². The van der Waals surface area contributed by atoms with Gasteiger partial charge in [-0.1, -0.05) is 34.1 Å². The van der Waals surface area contributed by atoms with Gasteiger partial charge in [0.15, 0.2) is 12.0 Å². The van der Waals surface area contributed by atoms with Crippen molar-refractivity contribution >= 4 is 28.8 Å². The quantitative estimate of drug-likeness (QED) is 0.461. The fourth-order valence-corrected chi connectivity index (χ4v) is 6.82. The maximum atomic E-state index is 16.0. The van der Waals surface area contributed by atoms with E-state index in [1.807, 2.05) is 27.7 Å². The number of benzene rings is 1. The van der Waals surface area contributed by atoms with Crippen LogP contribution >= 0.6 is 0 Å². The largest absolute Gasteiger partial charge is 0.497 e. The van der Waals surface area contributed by atoms with Crippen LogP contribution in [0.15, 0.2) is 18.2 Å². The van der Waals surface area contributed by atoms with Gasteiger partial charge in [0.2, 0.25) is 11.8 Å². The Kier molecular flexibility index (Phi) is 8.98. The fourth-order valence-electron chi connectivity index (χ4n) is 6.82.